The summed E-state index contributed by atoms with van der Waals surface area (Å²) in [6.07, 6.45) is 0. The predicted octanol–water partition coefficient (Wildman–Crippen LogP) is 0.980. The minimum atomic E-state index is 0. The summed E-state index contributed by atoms with van der Waals surface area (Å²) >= 11 is 1.48. The van der Waals surface area contributed by atoms with Crippen molar-refractivity contribution in [2.45, 2.75) is 13.0 Å². The van der Waals surface area contributed by atoms with Crippen LogP contribution in [0.5, 0.6) is 0 Å². The minimum Gasteiger partial charge on any atom is -0.322 e. The van der Waals surface area contributed by atoms with Crippen molar-refractivity contribution in [3.05, 3.63) is 10.5 Å². The van der Waals surface area contributed by atoms with E-state index in [-0.39, 0.29) is 18.4 Å². The molecule has 1 heterocycles. The van der Waals surface area contributed by atoms with Crippen LogP contribution in [0.3, 0.4) is 0 Å². The fourth-order valence-corrected chi connectivity index (χ4v) is 0.891. The van der Waals surface area contributed by atoms with Crippen LogP contribution < -0.4 is 5.73 Å². The molecule has 0 aliphatic carbocycles. The molecule has 0 aromatic carbocycles. The van der Waals surface area contributed by atoms with Crippen molar-refractivity contribution in [2.75, 3.05) is 0 Å². The summed E-state index contributed by atoms with van der Waals surface area (Å²) in [5, 5.41) is 8.28. The van der Waals surface area contributed by atoms with Gasteiger partial charge in [0.1, 0.15) is 10.5 Å². The molecule has 0 saturated carbocycles. The molecule has 0 amide bonds. The Labute approximate surface area is 63.7 Å². The van der Waals surface area contributed by atoms with E-state index in [1.165, 1.54) is 11.3 Å². The zero-order valence-electron chi connectivity index (χ0n) is 4.94. The van der Waals surface area contributed by atoms with Crippen molar-refractivity contribution in [1.82, 2.24) is 10.2 Å². The highest BCUT2D eigenvalue weighted by atomic mass is 35.5. The van der Waals surface area contributed by atoms with Crippen LogP contribution >= 0.6 is 23.7 Å². The van der Waals surface area contributed by atoms with Crippen molar-refractivity contribution >= 4 is 23.7 Å². The summed E-state index contributed by atoms with van der Waals surface area (Å²) in [5.74, 6) is 0. The molecule has 0 radical (unpaired) electrons. The molecular weight excluding hydrogens is 158 g/mol. The van der Waals surface area contributed by atoms with E-state index < -0.39 is 0 Å². The zero-order chi connectivity index (χ0) is 5.98. The fraction of sp³-hybridized carbons (Fsp3) is 0.500. The molecule has 1 rings (SSSR count). The second-order valence-corrected chi connectivity index (χ2v) is 2.43. The van der Waals surface area contributed by atoms with Gasteiger partial charge in [-0.25, -0.2) is 0 Å². The van der Waals surface area contributed by atoms with Gasteiger partial charge in [0, 0.05) is 0 Å². The Bertz CT molecular complexity index is 151. The maximum Gasteiger partial charge on any atom is 0.133 e. The Morgan fingerprint density at radius 1 is 1.78 bits per heavy atom. The van der Waals surface area contributed by atoms with Crippen LogP contribution in [0.2, 0.25) is 0 Å². The molecule has 0 fully saturated rings. The molecule has 1 unspecified atom stereocenters. The van der Waals surface area contributed by atoms with Crippen LogP contribution in [0.15, 0.2) is 5.51 Å². The van der Waals surface area contributed by atoms with Gasteiger partial charge < -0.3 is 5.73 Å². The van der Waals surface area contributed by atoms with Gasteiger partial charge in [0.05, 0.1) is 6.04 Å². The van der Waals surface area contributed by atoms with Crippen LogP contribution in [0.1, 0.15) is 18.0 Å². The number of hydrogen-bond donors (Lipinski definition) is 1. The first-order valence-electron chi connectivity index (χ1n) is 2.32. The molecule has 1 aromatic rings. The quantitative estimate of drug-likeness (QED) is 0.675. The highest BCUT2D eigenvalue weighted by molar-refractivity contribution is 7.09. The summed E-state index contributed by atoms with van der Waals surface area (Å²) in [7, 11) is 0. The van der Waals surface area contributed by atoms with Gasteiger partial charge in [-0.15, -0.1) is 33.9 Å². The van der Waals surface area contributed by atoms with Crippen LogP contribution in [0.25, 0.3) is 0 Å². The molecule has 2 N–H and O–H groups in total. The molecule has 0 spiro atoms. The summed E-state index contributed by atoms with van der Waals surface area (Å²) in [5.41, 5.74) is 7.15. The monoisotopic (exact) mass is 165 g/mol. The summed E-state index contributed by atoms with van der Waals surface area (Å²) in [6.45, 7) is 1.89. The van der Waals surface area contributed by atoms with Crippen LogP contribution in [0, 0.1) is 0 Å². The van der Waals surface area contributed by atoms with Crippen LogP contribution in [-0.2, 0) is 0 Å². The van der Waals surface area contributed by atoms with Gasteiger partial charge in [0.25, 0.3) is 0 Å². The Hall–Kier alpha value is -0.190. The maximum atomic E-state index is 5.47. The van der Waals surface area contributed by atoms with Gasteiger partial charge in [-0.3, -0.25) is 0 Å². The lowest BCUT2D eigenvalue weighted by atomic mass is 10.4. The molecular formula is C4H8ClN3S. The Morgan fingerprint density at radius 2 is 2.44 bits per heavy atom. The predicted molar refractivity (Wildman–Crippen MR) is 39.8 cm³/mol. The molecule has 0 bridgehead atoms. The van der Waals surface area contributed by atoms with Gasteiger partial charge in [0.2, 0.25) is 0 Å². The molecule has 1 aromatic heterocycles. The number of nitrogens with two attached hydrogens (primary N) is 1. The highest BCUT2D eigenvalue weighted by Crippen LogP contribution is 2.08. The first-order chi connectivity index (χ1) is 3.80. The maximum absolute atomic E-state index is 5.47. The van der Waals surface area contributed by atoms with E-state index in [0.29, 0.717) is 0 Å². The van der Waals surface area contributed by atoms with E-state index in [4.69, 9.17) is 5.73 Å². The first kappa shape index (κ1) is 8.81. The van der Waals surface area contributed by atoms with Gasteiger partial charge in [-0.05, 0) is 6.92 Å². The van der Waals surface area contributed by atoms with Gasteiger partial charge in [-0.2, -0.15) is 0 Å². The van der Waals surface area contributed by atoms with E-state index in [2.05, 4.69) is 10.2 Å². The number of rotatable bonds is 1. The third-order valence-electron chi connectivity index (χ3n) is 0.766. The lowest BCUT2D eigenvalue weighted by Gasteiger charge is -1.93. The van der Waals surface area contributed by atoms with Gasteiger partial charge in [-0.1, -0.05) is 0 Å². The van der Waals surface area contributed by atoms with Crippen molar-refractivity contribution < 1.29 is 0 Å². The fourth-order valence-electron chi connectivity index (χ4n) is 0.380. The molecule has 0 aliphatic heterocycles. The SMILES string of the molecule is CC(N)c1nncs1.Cl. The molecule has 0 saturated heterocycles. The number of nitrogens with zero attached hydrogens (tertiary/aromatic N) is 2. The van der Waals surface area contributed by atoms with Crippen molar-refractivity contribution in [2.24, 2.45) is 5.73 Å². The average Bonchev–Trinajstić information content (AvgIpc) is 2.12. The van der Waals surface area contributed by atoms with Crippen LogP contribution in [-0.4, -0.2) is 10.2 Å². The molecule has 9 heavy (non-hydrogen) atoms. The molecule has 0 aliphatic rings. The molecule has 52 valence electrons. The largest absolute Gasteiger partial charge is 0.322 e. The normalized spacial score (nSPS) is 12.2. The van der Waals surface area contributed by atoms with Gasteiger partial charge >= 0.3 is 0 Å². The Kier molecular flexibility index (Phi) is 3.68. The number of halogens is 1. The van der Waals surface area contributed by atoms with Crippen molar-refractivity contribution in [3.8, 4) is 0 Å². The number of aromatic nitrogens is 2. The van der Waals surface area contributed by atoms with Gasteiger partial charge in [0.15, 0.2) is 0 Å². The van der Waals surface area contributed by atoms with E-state index >= 15 is 0 Å². The second-order valence-electron chi connectivity index (χ2n) is 1.57. The number of hydrogen-bond acceptors (Lipinski definition) is 4. The van der Waals surface area contributed by atoms with E-state index in [9.17, 15) is 0 Å². The van der Waals surface area contributed by atoms with E-state index in [0.717, 1.165) is 5.01 Å². The molecule has 3 nitrogen and oxygen atoms in total. The van der Waals surface area contributed by atoms with E-state index in [1.807, 2.05) is 6.92 Å². The summed E-state index contributed by atoms with van der Waals surface area (Å²) < 4.78 is 0. The van der Waals surface area contributed by atoms with Crippen LogP contribution in [0.4, 0.5) is 0 Å². The Morgan fingerprint density at radius 3 is 2.67 bits per heavy atom. The highest BCUT2D eigenvalue weighted by Gasteiger charge is 1.99. The topological polar surface area (TPSA) is 51.8 Å². The zero-order valence-corrected chi connectivity index (χ0v) is 6.58. The lowest BCUT2D eigenvalue weighted by Crippen LogP contribution is -2.03. The van der Waals surface area contributed by atoms with E-state index in [1.54, 1.807) is 5.51 Å². The smallest absolute Gasteiger partial charge is 0.133 e. The van der Waals surface area contributed by atoms with Crippen molar-refractivity contribution in [1.29, 1.82) is 0 Å². The van der Waals surface area contributed by atoms with Crippen molar-refractivity contribution in [3.63, 3.8) is 0 Å². The minimum absolute atomic E-state index is 0. The molecule has 5 heteroatoms. The third kappa shape index (κ3) is 2.26. The summed E-state index contributed by atoms with van der Waals surface area (Å²) in [4.78, 5) is 0. The third-order valence-corrected chi connectivity index (χ3v) is 1.66. The lowest BCUT2D eigenvalue weighted by molar-refractivity contribution is 0.786. The molecule has 1 atom stereocenters. The Balaban J connectivity index is 0.000000640. The second kappa shape index (κ2) is 3.76. The first-order valence-corrected chi connectivity index (χ1v) is 3.20. The summed E-state index contributed by atoms with van der Waals surface area (Å²) in [6, 6.07) is 0.0301. The standard InChI is InChI=1S/C4H7N3S.ClH/c1-3(5)4-7-6-2-8-4;/h2-3H,5H2,1H3;1H. The average molecular weight is 166 g/mol.